The maximum absolute atomic E-state index is 5.96. The Hall–Kier alpha value is -2.16. The zero-order valence-corrected chi connectivity index (χ0v) is 9.75. The second kappa shape index (κ2) is 5.25. The molecule has 1 aromatic heterocycles. The van der Waals surface area contributed by atoms with Crippen molar-refractivity contribution in [2.75, 3.05) is 0 Å². The maximum Gasteiger partial charge on any atom is 0.126 e. The summed E-state index contributed by atoms with van der Waals surface area (Å²) in [5.41, 5.74) is 7.97. The number of rotatable bonds is 3. The van der Waals surface area contributed by atoms with E-state index in [9.17, 15) is 0 Å². The molecule has 0 fully saturated rings. The second-order valence-electron chi connectivity index (χ2n) is 3.84. The van der Waals surface area contributed by atoms with E-state index in [4.69, 9.17) is 5.73 Å². The summed E-state index contributed by atoms with van der Waals surface area (Å²) in [4.78, 5) is 8.55. The van der Waals surface area contributed by atoms with Crippen LogP contribution in [0.4, 0.5) is 0 Å². The van der Waals surface area contributed by atoms with Gasteiger partial charge in [0.2, 0.25) is 0 Å². The average Bonchev–Trinajstić information content (AvgIpc) is 2.40. The van der Waals surface area contributed by atoms with Crippen LogP contribution in [0.25, 0.3) is 0 Å². The van der Waals surface area contributed by atoms with E-state index in [1.54, 1.807) is 6.20 Å². The average molecular weight is 225 g/mol. The third-order valence-electron chi connectivity index (χ3n) is 2.57. The molecule has 0 saturated heterocycles. The summed E-state index contributed by atoms with van der Waals surface area (Å²) in [5.74, 6) is 0.557. The number of pyridine rings is 1. The Balaban J connectivity index is 2.20. The van der Waals surface area contributed by atoms with Gasteiger partial charge in [-0.2, -0.15) is 0 Å². The van der Waals surface area contributed by atoms with E-state index < -0.39 is 0 Å². The van der Waals surface area contributed by atoms with Gasteiger partial charge in [-0.05, 0) is 18.6 Å². The van der Waals surface area contributed by atoms with Crippen LogP contribution in [0.1, 0.15) is 24.1 Å². The molecular weight excluding hydrogens is 210 g/mol. The minimum atomic E-state index is 0.0175. The summed E-state index contributed by atoms with van der Waals surface area (Å²) < 4.78 is 0. The highest BCUT2D eigenvalue weighted by Gasteiger charge is 2.04. The molecule has 2 aromatic rings. The van der Waals surface area contributed by atoms with Gasteiger partial charge in [-0.25, -0.2) is 0 Å². The third kappa shape index (κ3) is 2.91. The predicted molar refractivity (Wildman–Crippen MR) is 69.8 cm³/mol. The quantitative estimate of drug-likeness (QED) is 0.644. The van der Waals surface area contributed by atoms with Gasteiger partial charge >= 0.3 is 0 Å². The second-order valence-corrected chi connectivity index (χ2v) is 3.84. The standard InChI is InChI=1S/C14H15N3/c1-11(13-8-5-9-16-10-13)17-14(15)12-6-3-2-4-7-12/h2-11H,1H3,(H2,15,17). The number of benzene rings is 1. The minimum Gasteiger partial charge on any atom is -0.383 e. The van der Waals surface area contributed by atoms with Gasteiger partial charge in [-0.1, -0.05) is 36.4 Å². The first kappa shape index (κ1) is 11.3. The molecule has 2 N–H and O–H groups in total. The van der Waals surface area contributed by atoms with E-state index in [1.807, 2.05) is 55.6 Å². The smallest absolute Gasteiger partial charge is 0.126 e. The molecule has 0 aliphatic heterocycles. The van der Waals surface area contributed by atoms with E-state index in [0.717, 1.165) is 11.1 Å². The summed E-state index contributed by atoms with van der Waals surface area (Å²) >= 11 is 0. The molecule has 3 heteroatoms. The topological polar surface area (TPSA) is 51.3 Å². The molecule has 1 unspecified atom stereocenters. The normalized spacial score (nSPS) is 13.4. The molecule has 86 valence electrons. The molecule has 17 heavy (non-hydrogen) atoms. The van der Waals surface area contributed by atoms with Crippen molar-refractivity contribution in [1.82, 2.24) is 4.98 Å². The first-order valence-corrected chi connectivity index (χ1v) is 5.56. The van der Waals surface area contributed by atoms with Crippen molar-refractivity contribution in [1.29, 1.82) is 0 Å². The lowest BCUT2D eigenvalue weighted by molar-refractivity contribution is 0.812. The maximum atomic E-state index is 5.96. The Labute approximate surface area is 101 Å². The van der Waals surface area contributed by atoms with Crippen LogP contribution in [-0.2, 0) is 0 Å². The SMILES string of the molecule is CC(N=C(N)c1ccccc1)c1cccnc1. The first-order valence-electron chi connectivity index (χ1n) is 5.56. The zero-order valence-electron chi connectivity index (χ0n) is 9.75. The van der Waals surface area contributed by atoms with Crippen LogP contribution < -0.4 is 5.73 Å². The number of hydrogen-bond donors (Lipinski definition) is 1. The van der Waals surface area contributed by atoms with Gasteiger partial charge in [0.25, 0.3) is 0 Å². The van der Waals surface area contributed by atoms with E-state index in [0.29, 0.717) is 5.84 Å². The molecular formula is C14H15N3. The van der Waals surface area contributed by atoms with Crippen molar-refractivity contribution >= 4 is 5.84 Å². The molecule has 0 aliphatic carbocycles. The molecule has 0 saturated carbocycles. The fourth-order valence-electron chi connectivity index (χ4n) is 1.59. The Morgan fingerprint density at radius 3 is 2.59 bits per heavy atom. The molecule has 3 nitrogen and oxygen atoms in total. The molecule has 0 bridgehead atoms. The van der Waals surface area contributed by atoms with Crippen LogP contribution in [0.3, 0.4) is 0 Å². The highest BCUT2D eigenvalue weighted by atomic mass is 14.9. The van der Waals surface area contributed by atoms with Gasteiger partial charge in [0, 0.05) is 18.0 Å². The van der Waals surface area contributed by atoms with Crippen molar-refractivity contribution in [2.24, 2.45) is 10.7 Å². The first-order chi connectivity index (χ1) is 8.27. The zero-order chi connectivity index (χ0) is 12.1. The number of nitrogens with zero attached hydrogens (tertiary/aromatic N) is 2. The predicted octanol–water partition coefficient (Wildman–Crippen LogP) is 2.55. The van der Waals surface area contributed by atoms with Gasteiger partial charge < -0.3 is 5.73 Å². The van der Waals surface area contributed by atoms with E-state index in [2.05, 4.69) is 9.98 Å². The van der Waals surface area contributed by atoms with Crippen LogP contribution in [0.15, 0.2) is 59.9 Å². The lowest BCUT2D eigenvalue weighted by atomic mass is 10.1. The molecule has 0 amide bonds. The van der Waals surface area contributed by atoms with E-state index >= 15 is 0 Å². The molecule has 1 aromatic carbocycles. The van der Waals surface area contributed by atoms with Gasteiger partial charge in [0.1, 0.15) is 5.84 Å². The number of amidine groups is 1. The number of nitrogens with two attached hydrogens (primary N) is 1. The fourth-order valence-corrected chi connectivity index (χ4v) is 1.59. The number of aliphatic imine (C=N–C) groups is 1. The lowest BCUT2D eigenvalue weighted by Gasteiger charge is -2.08. The molecule has 1 heterocycles. The minimum absolute atomic E-state index is 0.0175. The van der Waals surface area contributed by atoms with Crippen LogP contribution in [0.2, 0.25) is 0 Å². The Morgan fingerprint density at radius 1 is 1.18 bits per heavy atom. The summed E-state index contributed by atoms with van der Waals surface area (Å²) in [7, 11) is 0. The summed E-state index contributed by atoms with van der Waals surface area (Å²) in [6.07, 6.45) is 3.56. The van der Waals surface area contributed by atoms with Gasteiger partial charge in [-0.3, -0.25) is 9.98 Å². The van der Waals surface area contributed by atoms with E-state index in [-0.39, 0.29) is 6.04 Å². The molecule has 0 aliphatic rings. The molecule has 1 atom stereocenters. The van der Waals surface area contributed by atoms with Gasteiger partial charge in [0.05, 0.1) is 6.04 Å². The van der Waals surface area contributed by atoms with Crippen LogP contribution in [0.5, 0.6) is 0 Å². The van der Waals surface area contributed by atoms with Crippen molar-refractivity contribution < 1.29 is 0 Å². The fraction of sp³-hybridized carbons (Fsp3) is 0.143. The Morgan fingerprint density at radius 2 is 1.94 bits per heavy atom. The van der Waals surface area contributed by atoms with Crippen molar-refractivity contribution in [3.05, 3.63) is 66.0 Å². The number of aromatic nitrogens is 1. The van der Waals surface area contributed by atoms with Gasteiger partial charge in [0.15, 0.2) is 0 Å². The van der Waals surface area contributed by atoms with Crippen molar-refractivity contribution in [3.8, 4) is 0 Å². The summed E-state index contributed by atoms with van der Waals surface area (Å²) in [6.45, 7) is 2.01. The highest BCUT2D eigenvalue weighted by Crippen LogP contribution is 2.15. The summed E-state index contributed by atoms with van der Waals surface area (Å²) in [6, 6.07) is 13.7. The highest BCUT2D eigenvalue weighted by molar-refractivity contribution is 5.97. The lowest BCUT2D eigenvalue weighted by Crippen LogP contribution is -2.14. The number of hydrogen-bond acceptors (Lipinski definition) is 2. The Bertz CT molecular complexity index is 491. The third-order valence-corrected chi connectivity index (χ3v) is 2.57. The molecule has 0 spiro atoms. The van der Waals surface area contributed by atoms with Crippen LogP contribution in [0, 0.1) is 0 Å². The molecule has 2 rings (SSSR count). The van der Waals surface area contributed by atoms with E-state index in [1.165, 1.54) is 0 Å². The largest absolute Gasteiger partial charge is 0.383 e. The Kier molecular flexibility index (Phi) is 3.50. The van der Waals surface area contributed by atoms with Crippen LogP contribution >= 0.6 is 0 Å². The van der Waals surface area contributed by atoms with Gasteiger partial charge in [-0.15, -0.1) is 0 Å². The monoisotopic (exact) mass is 225 g/mol. The van der Waals surface area contributed by atoms with Crippen molar-refractivity contribution in [2.45, 2.75) is 13.0 Å². The molecule has 0 radical (unpaired) electrons. The van der Waals surface area contributed by atoms with Crippen LogP contribution in [-0.4, -0.2) is 10.8 Å². The van der Waals surface area contributed by atoms with Crippen molar-refractivity contribution in [3.63, 3.8) is 0 Å². The summed E-state index contributed by atoms with van der Waals surface area (Å²) in [5, 5.41) is 0.